The maximum atomic E-state index is 12.1. The van der Waals surface area contributed by atoms with Crippen molar-refractivity contribution in [3.05, 3.63) is 69.0 Å². The molecule has 2 rings (SSSR count). The number of rotatable bonds is 5. The molecule has 1 N–H and O–H groups in total. The van der Waals surface area contributed by atoms with Crippen LogP contribution in [-0.4, -0.2) is 20.7 Å². The standard InChI is InChI=1S/C17H13BrF3NO4S/c1-11-10-13(18)4-7-15(11)16(23)22-27(24,25)9-8-12-2-5-14(6-3-12)26-17(19,20)21/h2-10H,1H3,(H,22,23)/b9-8+. The molecule has 0 aromatic heterocycles. The van der Waals surface area contributed by atoms with E-state index in [1.165, 1.54) is 18.2 Å². The maximum absolute atomic E-state index is 12.1. The first-order valence-corrected chi connectivity index (χ1v) is 9.66. The van der Waals surface area contributed by atoms with Crippen molar-refractivity contribution in [3.8, 4) is 5.75 Å². The number of aryl methyl sites for hydroxylation is 1. The summed E-state index contributed by atoms with van der Waals surface area (Å²) in [6.45, 7) is 1.66. The molecule has 0 aliphatic heterocycles. The lowest BCUT2D eigenvalue weighted by Crippen LogP contribution is -2.29. The number of halogens is 4. The van der Waals surface area contributed by atoms with Crippen LogP contribution in [0.4, 0.5) is 13.2 Å². The number of sulfonamides is 1. The van der Waals surface area contributed by atoms with Crippen LogP contribution in [0.1, 0.15) is 21.5 Å². The van der Waals surface area contributed by atoms with Gasteiger partial charge < -0.3 is 4.74 Å². The van der Waals surface area contributed by atoms with Gasteiger partial charge in [0.1, 0.15) is 5.75 Å². The molecule has 1 amide bonds. The molecular weight excluding hydrogens is 451 g/mol. The third-order valence-corrected chi connectivity index (χ3v) is 4.68. The van der Waals surface area contributed by atoms with Gasteiger partial charge in [-0.15, -0.1) is 13.2 Å². The lowest BCUT2D eigenvalue weighted by atomic mass is 10.1. The molecule has 144 valence electrons. The summed E-state index contributed by atoms with van der Waals surface area (Å²) in [5, 5.41) is 0.749. The molecule has 0 bridgehead atoms. The summed E-state index contributed by atoms with van der Waals surface area (Å²) in [5.41, 5.74) is 1.09. The van der Waals surface area contributed by atoms with E-state index < -0.39 is 28.0 Å². The minimum atomic E-state index is -4.81. The van der Waals surface area contributed by atoms with Gasteiger partial charge in [-0.1, -0.05) is 28.1 Å². The van der Waals surface area contributed by atoms with Crippen LogP contribution in [0.3, 0.4) is 0 Å². The summed E-state index contributed by atoms with van der Waals surface area (Å²) in [5.74, 6) is -1.22. The predicted molar refractivity (Wildman–Crippen MR) is 97.4 cm³/mol. The zero-order valence-electron chi connectivity index (χ0n) is 13.7. The third kappa shape index (κ3) is 6.72. The van der Waals surface area contributed by atoms with E-state index in [0.717, 1.165) is 28.1 Å². The summed E-state index contributed by atoms with van der Waals surface area (Å²) in [7, 11) is -4.10. The number of amides is 1. The van der Waals surface area contributed by atoms with Gasteiger partial charge in [-0.2, -0.15) is 0 Å². The minimum absolute atomic E-state index is 0.198. The van der Waals surface area contributed by atoms with Gasteiger partial charge in [0.2, 0.25) is 0 Å². The molecule has 0 fully saturated rings. The van der Waals surface area contributed by atoms with Crippen LogP contribution in [0.5, 0.6) is 5.75 Å². The van der Waals surface area contributed by atoms with Crippen molar-refractivity contribution in [2.75, 3.05) is 0 Å². The lowest BCUT2D eigenvalue weighted by molar-refractivity contribution is -0.274. The van der Waals surface area contributed by atoms with Gasteiger partial charge in [0.15, 0.2) is 0 Å². The Kier molecular flexibility index (Phi) is 6.32. The van der Waals surface area contributed by atoms with E-state index in [-0.39, 0.29) is 5.56 Å². The van der Waals surface area contributed by atoms with Crippen molar-refractivity contribution >= 4 is 37.9 Å². The minimum Gasteiger partial charge on any atom is -0.406 e. The van der Waals surface area contributed by atoms with E-state index >= 15 is 0 Å². The Morgan fingerprint density at radius 2 is 1.78 bits per heavy atom. The van der Waals surface area contributed by atoms with Crippen molar-refractivity contribution in [2.24, 2.45) is 0 Å². The fraction of sp³-hybridized carbons (Fsp3) is 0.118. The quantitative estimate of drug-likeness (QED) is 0.713. The number of carbonyl (C=O) groups is 1. The Balaban J connectivity index is 2.08. The zero-order valence-corrected chi connectivity index (χ0v) is 16.2. The molecule has 0 saturated heterocycles. The average molecular weight is 464 g/mol. The summed E-state index contributed by atoms with van der Waals surface area (Å²) in [6.07, 6.45) is -3.67. The normalized spacial score (nSPS) is 12.2. The van der Waals surface area contributed by atoms with Crippen LogP contribution in [0, 0.1) is 6.92 Å². The zero-order chi connectivity index (χ0) is 20.2. The monoisotopic (exact) mass is 463 g/mol. The highest BCUT2D eigenvalue weighted by Gasteiger charge is 2.30. The number of ether oxygens (including phenoxy) is 1. The number of nitrogens with one attached hydrogen (secondary N) is 1. The Bertz CT molecular complexity index is 971. The van der Waals surface area contributed by atoms with Crippen LogP contribution in [0.15, 0.2) is 52.3 Å². The van der Waals surface area contributed by atoms with Crippen LogP contribution < -0.4 is 9.46 Å². The highest BCUT2D eigenvalue weighted by atomic mass is 79.9. The van der Waals surface area contributed by atoms with E-state index in [0.29, 0.717) is 11.1 Å². The molecule has 0 atom stereocenters. The van der Waals surface area contributed by atoms with Crippen molar-refractivity contribution < 1.29 is 31.1 Å². The van der Waals surface area contributed by atoms with E-state index in [1.807, 2.05) is 4.72 Å². The Labute approximate surface area is 162 Å². The predicted octanol–water partition coefficient (Wildman–Crippen LogP) is 4.39. The number of hydrogen-bond donors (Lipinski definition) is 1. The Morgan fingerprint density at radius 3 is 2.33 bits per heavy atom. The first-order valence-electron chi connectivity index (χ1n) is 7.32. The van der Waals surface area contributed by atoms with Crippen LogP contribution in [-0.2, 0) is 10.0 Å². The van der Waals surface area contributed by atoms with Gasteiger partial charge >= 0.3 is 6.36 Å². The molecule has 0 unspecified atom stereocenters. The van der Waals surface area contributed by atoms with Crippen molar-refractivity contribution in [2.45, 2.75) is 13.3 Å². The summed E-state index contributed by atoms with van der Waals surface area (Å²) in [6, 6.07) is 9.33. The van der Waals surface area contributed by atoms with Gasteiger partial charge in [-0.3, -0.25) is 4.79 Å². The molecule has 0 aliphatic carbocycles. The first kappa shape index (κ1) is 21.0. The molecule has 2 aromatic rings. The molecule has 0 saturated carbocycles. The number of hydrogen-bond acceptors (Lipinski definition) is 4. The van der Waals surface area contributed by atoms with Crippen molar-refractivity contribution in [3.63, 3.8) is 0 Å². The summed E-state index contributed by atoms with van der Waals surface area (Å²) >= 11 is 3.25. The van der Waals surface area contributed by atoms with Crippen LogP contribution >= 0.6 is 15.9 Å². The van der Waals surface area contributed by atoms with Gasteiger partial charge in [0.25, 0.3) is 15.9 Å². The molecule has 0 spiro atoms. The Morgan fingerprint density at radius 1 is 1.15 bits per heavy atom. The smallest absolute Gasteiger partial charge is 0.406 e. The van der Waals surface area contributed by atoms with Gasteiger partial charge in [-0.25, -0.2) is 13.1 Å². The second kappa shape index (κ2) is 8.13. The largest absolute Gasteiger partial charge is 0.573 e. The summed E-state index contributed by atoms with van der Waals surface area (Å²) in [4.78, 5) is 12.1. The lowest BCUT2D eigenvalue weighted by Gasteiger charge is -2.08. The third-order valence-electron chi connectivity index (χ3n) is 3.22. The number of alkyl halides is 3. The average Bonchev–Trinajstić information content (AvgIpc) is 2.52. The highest BCUT2D eigenvalue weighted by Crippen LogP contribution is 2.23. The molecular formula is C17H13BrF3NO4S. The maximum Gasteiger partial charge on any atom is 0.573 e. The second-order valence-corrected chi connectivity index (χ2v) is 7.84. The molecule has 0 heterocycles. The highest BCUT2D eigenvalue weighted by molar-refractivity contribution is 9.10. The summed E-state index contributed by atoms with van der Waals surface area (Å²) < 4.78 is 66.7. The topological polar surface area (TPSA) is 72.5 Å². The molecule has 10 heteroatoms. The molecule has 2 aromatic carbocycles. The SMILES string of the molecule is Cc1cc(Br)ccc1C(=O)NS(=O)(=O)/C=C/c1ccc(OC(F)(F)F)cc1. The van der Waals surface area contributed by atoms with Gasteiger partial charge in [-0.05, 0) is 54.5 Å². The molecule has 5 nitrogen and oxygen atoms in total. The number of carbonyl (C=O) groups excluding carboxylic acids is 1. The molecule has 0 radical (unpaired) electrons. The van der Waals surface area contributed by atoms with Crippen LogP contribution in [0.25, 0.3) is 6.08 Å². The molecule has 0 aliphatic rings. The van der Waals surface area contributed by atoms with E-state index in [4.69, 9.17) is 0 Å². The molecule has 27 heavy (non-hydrogen) atoms. The van der Waals surface area contributed by atoms with Gasteiger partial charge in [0, 0.05) is 10.0 Å². The first-order chi connectivity index (χ1) is 12.5. The fourth-order valence-electron chi connectivity index (χ4n) is 2.05. The second-order valence-electron chi connectivity index (χ2n) is 5.36. The van der Waals surface area contributed by atoms with E-state index in [9.17, 15) is 26.4 Å². The fourth-order valence-corrected chi connectivity index (χ4v) is 3.30. The van der Waals surface area contributed by atoms with Gasteiger partial charge in [0.05, 0.1) is 5.41 Å². The van der Waals surface area contributed by atoms with Crippen molar-refractivity contribution in [1.29, 1.82) is 0 Å². The van der Waals surface area contributed by atoms with Crippen molar-refractivity contribution in [1.82, 2.24) is 4.72 Å². The Hall–Kier alpha value is -2.33. The number of benzene rings is 2. The van der Waals surface area contributed by atoms with E-state index in [1.54, 1.807) is 19.1 Å². The van der Waals surface area contributed by atoms with Crippen LogP contribution in [0.2, 0.25) is 0 Å². The van der Waals surface area contributed by atoms with E-state index in [2.05, 4.69) is 20.7 Å².